The number of benzene rings is 1. The first-order chi connectivity index (χ1) is 23.4. The average Bonchev–Trinajstić information content (AvgIpc) is 3.85. The molecule has 0 radical (unpaired) electrons. The Labute approximate surface area is 280 Å². The molecule has 2 amide bonds. The van der Waals surface area contributed by atoms with Gasteiger partial charge in [0.1, 0.15) is 23.3 Å². The molecule has 246 valence electrons. The van der Waals surface area contributed by atoms with E-state index in [1.54, 1.807) is 10.9 Å². The predicted octanol–water partition coefficient (Wildman–Crippen LogP) is 4.31. The number of nitriles is 1. The Morgan fingerprint density at radius 2 is 1.90 bits per heavy atom. The van der Waals surface area contributed by atoms with Gasteiger partial charge in [-0.25, -0.2) is 9.97 Å². The summed E-state index contributed by atoms with van der Waals surface area (Å²) in [7, 11) is 1.89. The van der Waals surface area contributed by atoms with Gasteiger partial charge in [-0.2, -0.15) is 10.4 Å². The Hall–Kier alpha value is -5.11. The van der Waals surface area contributed by atoms with Crippen LogP contribution in [0.4, 0.5) is 5.82 Å². The molecule has 2 aliphatic heterocycles. The first kappa shape index (κ1) is 31.5. The van der Waals surface area contributed by atoms with Gasteiger partial charge in [0, 0.05) is 63.2 Å². The monoisotopic (exact) mass is 643 g/mol. The van der Waals surface area contributed by atoms with Crippen molar-refractivity contribution in [2.24, 2.45) is 24.3 Å². The Kier molecular flexibility index (Phi) is 8.89. The van der Waals surface area contributed by atoms with Crippen molar-refractivity contribution in [3.05, 3.63) is 89.9 Å². The van der Waals surface area contributed by atoms with Crippen LogP contribution in [0.25, 0.3) is 11.1 Å². The predicted molar refractivity (Wildman–Crippen MR) is 180 cm³/mol. The molecular weight excluding hydrogens is 602 g/mol. The number of hydrogen-bond acceptors (Lipinski definition) is 8. The zero-order valence-electron chi connectivity index (χ0n) is 27.3. The highest BCUT2D eigenvalue weighted by atomic mass is 16.2. The molecule has 1 aromatic carbocycles. The molecule has 2 N–H and O–H groups in total. The van der Waals surface area contributed by atoms with E-state index < -0.39 is 0 Å². The van der Waals surface area contributed by atoms with Gasteiger partial charge >= 0.3 is 0 Å². The smallest absolute Gasteiger partial charge is 0.229 e. The zero-order chi connectivity index (χ0) is 33.1. The van der Waals surface area contributed by atoms with Crippen molar-refractivity contribution < 1.29 is 9.59 Å². The molecule has 48 heavy (non-hydrogen) atoms. The molecule has 2 saturated heterocycles. The van der Waals surface area contributed by atoms with Gasteiger partial charge in [0.05, 0.1) is 29.4 Å². The Morgan fingerprint density at radius 3 is 2.58 bits per heavy atom. The van der Waals surface area contributed by atoms with Crippen LogP contribution in [-0.2, 0) is 29.6 Å². The van der Waals surface area contributed by atoms with Gasteiger partial charge in [-0.3, -0.25) is 19.3 Å². The third kappa shape index (κ3) is 6.52. The van der Waals surface area contributed by atoms with E-state index in [0.29, 0.717) is 49.9 Å². The fourth-order valence-electron chi connectivity index (χ4n) is 7.78. The Balaban J connectivity index is 1.04. The average molecular weight is 644 g/mol. The van der Waals surface area contributed by atoms with Gasteiger partial charge in [0.2, 0.25) is 11.8 Å². The molecule has 3 fully saturated rings. The third-order valence-electron chi connectivity index (χ3n) is 10.5. The van der Waals surface area contributed by atoms with Crippen LogP contribution in [0, 0.1) is 28.6 Å². The molecular formula is C37H41N9O2. The highest BCUT2D eigenvalue weighted by molar-refractivity contribution is 5.86. The van der Waals surface area contributed by atoms with Crippen LogP contribution in [0.3, 0.4) is 0 Å². The molecule has 1 spiro atoms. The third-order valence-corrected chi connectivity index (χ3v) is 10.5. The molecule has 2 unspecified atom stereocenters. The van der Waals surface area contributed by atoms with Crippen molar-refractivity contribution in [1.29, 1.82) is 5.26 Å². The van der Waals surface area contributed by atoms with Crippen LogP contribution in [0.15, 0.2) is 67.3 Å². The molecule has 1 aliphatic carbocycles. The van der Waals surface area contributed by atoms with Crippen LogP contribution in [-0.4, -0.2) is 56.2 Å². The number of carbonyl (C=O) groups is 2. The van der Waals surface area contributed by atoms with Crippen LogP contribution < -0.4 is 15.5 Å². The number of aryl methyl sites for hydroxylation is 1. The lowest BCUT2D eigenvalue weighted by Crippen LogP contribution is -2.35. The van der Waals surface area contributed by atoms with Crippen LogP contribution in [0.2, 0.25) is 0 Å². The summed E-state index contributed by atoms with van der Waals surface area (Å²) >= 11 is 0. The minimum Gasteiger partial charge on any atom is -0.356 e. The summed E-state index contributed by atoms with van der Waals surface area (Å²) in [4.78, 5) is 42.8. The van der Waals surface area contributed by atoms with Crippen LogP contribution >= 0.6 is 0 Å². The second kappa shape index (κ2) is 13.6. The molecule has 3 aromatic heterocycles. The molecule has 0 bridgehead atoms. The van der Waals surface area contributed by atoms with E-state index in [0.717, 1.165) is 66.7 Å². The first-order valence-electron chi connectivity index (χ1n) is 17.0. The fraction of sp³-hybridized carbons (Fsp3) is 0.432. The van der Waals surface area contributed by atoms with Gasteiger partial charge in [-0.15, -0.1) is 0 Å². The number of nitrogens with one attached hydrogen (secondary N) is 2. The number of pyridine rings is 1. The lowest BCUT2D eigenvalue weighted by atomic mass is 9.73. The molecule has 5 heterocycles. The molecule has 7 rings (SSSR count). The van der Waals surface area contributed by atoms with E-state index in [4.69, 9.17) is 9.97 Å². The molecule has 11 nitrogen and oxygen atoms in total. The van der Waals surface area contributed by atoms with E-state index in [1.807, 2.05) is 68.1 Å². The maximum Gasteiger partial charge on any atom is 0.229 e. The highest BCUT2D eigenvalue weighted by Crippen LogP contribution is 2.41. The summed E-state index contributed by atoms with van der Waals surface area (Å²) in [6.45, 7) is 2.47. The number of amides is 2. The topological polar surface area (TPSA) is 142 Å². The minimum absolute atomic E-state index is 0.00308. The van der Waals surface area contributed by atoms with E-state index in [-0.39, 0.29) is 29.1 Å². The molecule has 11 heteroatoms. The SMILES string of the molecule is Cn1cc(-c2ccc(C(C(=O)NCc3ccccc3)C3CCC(Cc4ncc(C#N)c(N5CCC6(CCNC6=O)C5)n4)CC3)nc2)cn1. The van der Waals surface area contributed by atoms with Crippen molar-refractivity contribution in [1.82, 2.24) is 35.4 Å². The number of nitrogens with zero attached hydrogens (tertiary/aromatic N) is 7. The summed E-state index contributed by atoms with van der Waals surface area (Å²) < 4.78 is 1.77. The maximum atomic E-state index is 13.8. The first-order valence-corrected chi connectivity index (χ1v) is 17.0. The normalized spacial score (nSPS) is 22.8. The number of anilines is 1. The van der Waals surface area contributed by atoms with Gasteiger partial charge in [0.25, 0.3) is 0 Å². The lowest BCUT2D eigenvalue weighted by Gasteiger charge is -2.33. The van der Waals surface area contributed by atoms with Crippen molar-refractivity contribution in [3.8, 4) is 17.2 Å². The quantitative estimate of drug-likeness (QED) is 0.275. The number of hydrogen-bond donors (Lipinski definition) is 2. The minimum atomic E-state index is -0.381. The van der Waals surface area contributed by atoms with Crippen molar-refractivity contribution in [2.75, 3.05) is 24.5 Å². The summed E-state index contributed by atoms with van der Waals surface area (Å²) in [5.74, 6) is 1.67. The number of rotatable bonds is 9. The number of carbonyl (C=O) groups excluding carboxylic acids is 2. The second-order valence-electron chi connectivity index (χ2n) is 13.6. The van der Waals surface area contributed by atoms with Crippen molar-refractivity contribution >= 4 is 17.6 Å². The van der Waals surface area contributed by atoms with E-state index >= 15 is 0 Å². The summed E-state index contributed by atoms with van der Waals surface area (Å²) in [5, 5.41) is 20.3. The van der Waals surface area contributed by atoms with E-state index in [2.05, 4.69) is 31.7 Å². The molecule has 1 saturated carbocycles. The van der Waals surface area contributed by atoms with Gasteiger partial charge in [-0.05, 0) is 62.0 Å². The lowest BCUT2D eigenvalue weighted by molar-refractivity contribution is -0.126. The summed E-state index contributed by atoms with van der Waals surface area (Å²) in [5.41, 5.74) is 3.87. The highest BCUT2D eigenvalue weighted by Gasteiger charge is 2.48. The second-order valence-corrected chi connectivity index (χ2v) is 13.6. The Bertz CT molecular complexity index is 1810. The van der Waals surface area contributed by atoms with Crippen LogP contribution in [0.1, 0.15) is 67.1 Å². The van der Waals surface area contributed by atoms with Gasteiger partial charge in [-0.1, -0.05) is 36.4 Å². The van der Waals surface area contributed by atoms with Crippen LogP contribution in [0.5, 0.6) is 0 Å². The van der Waals surface area contributed by atoms with Crippen molar-refractivity contribution in [3.63, 3.8) is 0 Å². The zero-order valence-corrected chi connectivity index (χ0v) is 27.3. The Morgan fingerprint density at radius 1 is 1.06 bits per heavy atom. The fourth-order valence-corrected chi connectivity index (χ4v) is 7.78. The van der Waals surface area contributed by atoms with Gasteiger partial charge < -0.3 is 15.5 Å². The molecule has 4 aromatic rings. The largest absolute Gasteiger partial charge is 0.356 e. The maximum absolute atomic E-state index is 13.8. The van der Waals surface area contributed by atoms with Crippen molar-refractivity contribution in [2.45, 2.75) is 57.4 Å². The number of aromatic nitrogens is 5. The molecule has 3 aliphatic rings. The molecule has 2 atom stereocenters. The summed E-state index contributed by atoms with van der Waals surface area (Å²) in [6, 6.07) is 16.3. The van der Waals surface area contributed by atoms with Gasteiger partial charge in [0.15, 0.2) is 0 Å². The van der Waals surface area contributed by atoms with E-state index in [1.165, 1.54) is 0 Å². The van der Waals surface area contributed by atoms with E-state index in [9.17, 15) is 14.9 Å². The summed E-state index contributed by atoms with van der Waals surface area (Å²) in [6.07, 6.45) is 13.3. The standard InChI is InChI=1S/C37H41N9O2/c1-45-23-30(22-43-45)28-11-12-31(40-20-28)33(35(47)42-19-26-5-3-2-4-6-26)27-9-7-25(8-10-27)17-32-41-21-29(18-38)34(44-32)46-16-14-37(24-46)13-15-39-36(37)48/h2-6,11-12,20-23,25,27,33H,7-10,13-17,19,24H2,1H3,(H,39,48)(H,42,47).